The van der Waals surface area contributed by atoms with Gasteiger partial charge in [0.05, 0.1) is 12.6 Å². The highest BCUT2D eigenvalue weighted by Gasteiger charge is 2.42. The number of amides is 1. The minimum atomic E-state index is -0.832. The number of hydrogen-bond acceptors (Lipinski definition) is 4. The van der Waals surface area contributed by atoms with E-state index >= 15 is 0 Å². The minimum Gasteiger partial charge on any atom is -0.508 e. The number of hydrogen-bond donors (Lipinski definition) is 3. The lowest BCUT2D eigenvalue weighted by atomic mass is 10.2. The number of rotatable bonds is 3. The van der Waals surface area contributed by atoms with Crippen LogP contribution in [-0.2, 0) is 4.79 Å². The summed E-state index contributed by atoms with van der Waals surface area (Å²) in [5.74, 6) is 0.252. The number of aliphatic hydroxyl groups is 1. The number of ether oxygens (including phenoxy) is 1. The van der Waals surface area contributed by atoms with Crippen molar-refractivity contribution in [2.45, 2.75) is 17.5 Å². The normalized spacial score (nSPS) is 27.9. The number of phenols is 1. The molecule has 0 radical (unpaired) electrons. The summed E-state index contributed by atoms with van der Waals surface area (Å²) in [6.45, 7) is -0.238. The van der Waals surface area contributed by atoms with Gasteiger partial charge in [0, 0.05) is 0 Å². The number of nitrogens with one attached hydrogen (secondary N) is 1. The number of phenolic OH excluding ortho intramolecular Hbond substituents is 1. The number of carbonyl (C=O) groups excluding carboxylic acids is 1. The Morgan fingerprint density at radius 2 is 2.00 bits per heavy atom. The molecule has 3 atom stereocenters. The van der Waals surface area contributed by atoms with Crippen LogP contribution in [0.5, 0.6) is 11.5 Å². The Kier molecular flexibility index (Phi) is 3.40. The molecule has 6 heteroatoms. The molecule has 0 aliphatic carbocycles. The number of aliphatic hydroxyl groups excluding tert-OH is 1. The second kappa shape index (κ2) is 4.81. The van der Waals surface area contributed by atoms with Crippen LogP contribution in [0.25, 0.3) is 0 Å². The first kappa shape index (κ1) is 12.0. The zero-order valence-corrected chi connectivity index (χ0v) is 9.59. The number of alkyl halides is 1. The summed E-state index contributed by atoms with van der Waals surface area (Å²) in [7, 11) is 0. The van der Waals surface area contributed by atoms with Gasteiger partial charge in [-0.2, -0.15) is 0 Å². The maximum absolute atomic E-state index is 11.3. The zero-order chi connectivity index (χ0) is 12.4. The monoisotopic (exact) mass is 257 g/mol. The topological polar surface area (TPSA) is 78.8 Å². The van der Waals surface area contributed by atoms with Crippen LogP contribution in [0.4, 0.5) is 0 Å². The highest BCUT2D eigenvalue weighted by molar-refractivity contribution is 6.32. The molecule has 1 fully saturated rings. The number of benzene rings is 1. The third-order valence-electron chi connectivity index (χ3n) is 2.57. The number of aromatic hydroxyl groups is 1. The molecule has 1 aromatic rings. The lowest BCUT2D eigenvalue weighted by Gasteiger charge is -2.20. The Morgan fingerprint density at radius 1 is 1.35 bits per heavy atom. The summed E-state index contributed by atoms with van der Waals surface area (Å²) in [4.78, 5) is 11.3. The van der Waals surface area contributed by atoms with Gasteiger partial charge in [-0.25, -0.2) is 0 Å². The first-order chi connectivity index (χ1) is 8.11. The van der Waals surface area contributed by atoms with Gasteiger partial charge < -0.3 is 20.3 Å². The summed E-state index contributed by atoms with van der Waals surface area (Å²) >= 11 is 5.89. The lowest BCUT2D eigenvalue weighted by molar-refractivity contribution is -0.119. The van der Waals surface area contributed by atoms with Gasteiger partial charge >= 0.3 is 0 Å². The summed E-state index contributed by atoms with van der Waals surface area (Å²) in [6.07, 6.45) is -0.626. The average molecular weight is 258 g/mol. The fraction of sp³-hybridized carbons (Fsp3) is 0.364. The third kappa shape index (κ3) is 2.45. The largest absolute Gasteiger partial charge is 0.508 e. The Balaban J connectivity index is 2.11. The van der Waals surface area contributed by atoms with Gasteiger partial charge in [-0.1, -0.05) is 0 Å². The molecule has 1 saturated heterocycles. The molecule has 0 aromatic heterocycles. The van der Waals surface area contributed by atoms with Crippen molar-refractivity contribution in [2.24, 2.45) is 0 Å². The highest BCUT2D eigenvalue weighted by atomic mass is 35.5. The number of carbonyl (C=O) groups is 1. The lowest BCUT2D eigenvalue weighted by Crippen LogP contribution is -2.39. The van der Waals surface area contributed by atoms with Crippen LogP contribution in [0.15, 0.2) is 24.3 Å². The van der Waals surface area contributed by atoms with Crippen LogP contribution in [0, 0.1) is 0 Å². The van der Waals surface area contributed by atoms with Gasteiger partial charge in [-0.05, 0) is 24.3 Å². The molecule has 17 heavy (non-hydrogen) atoms. The predicted octanol–water partition coefficient (Wildman–Crippen LogP) is 0.238. The van der Waals surface area contributed by atoms with Crippen molar-refractivity contribution in [1.29, 1.82) is 0 Å². The third-order valence-corrected chi connectivity index (χ3v) is 3.02. The van der Waals surface area contributed by atoms with Gasteiger partial charge in [0.25, 0.3) is 0 Å². The van der Waals surface area contributed by atoms with Crippen molar-refractivity contribution in [3.05, 3.63) is 24.3 Å². The molecule has 1 aromatic carbocycles. The van der Waals surface area contributed by atoms with Gasteiger partial charge in [-0.15, -0.1) is 11.6 Å². The zero-order valence-electron chi connectivity index (χ0n) is 8.84. The first-order valence-electron chi connectivity index (χ1n) is 5.13. The summed E-state index contributed by atoms with van der Waals surface area (Å²) < 4.78 is 5.53. The number of halogens is 1. The van der Waals surface area contributed by atoms with Crippen molar-refractivity contribution in [3.8, 4) is 11.5 Å². The molecule has 1 heterocycles. The molecule has 1 amide bonds. The molecule has 5 nitrogen and oxygen atoms in total. The first-order valence-corrected chi connectivity index (χ1v) is 5.56. The van der Waals surface area contributed by atoms with Gasteiger partial charge in [0.2, 0.25) is 5.91 Å². The Bertz CT molecular complexity index is 408. The van der Waals surface area contributed by atoms with Gasteiger partial charge in [-0.3, -0.25) is 4.79 Å². The molecule has 2 rings (SSSR count). The average Bonchev–Trinajstić information content (AvgIpc) is 2.59. The molecular formula is C11H12ClNO4. The van der Waals surface area contributed by atoms with E-state index in [4.69, 9.17) is 26.6 Å². The van der Waals surface area contributed by atoms with Crippen molar-refractivity contribution in [2.75, 3.05) is 6.61 Å². The Morgan fingerprint density at radius 3 is 2.59 bits per heavy atom. The standard InChI is InChI=1S/C11H12ClNO4/c12-9-10(8(5-14)13-11(9)16)17-7-3-1-6(15)2-4-7/h1-4,8-10,14-15H,5H2,(H,13,16). The molecule has 0 spiro atoms. The Hall–Kier alpha value is -1.46. The van der Waals surface area contributed by atoms with Crippen LogP contribution in [0.1, 0.15) is 0 Å². The summed E-state index contributed by atoms with van der Waals surface area (Å²) in [6, 6.07) is 5.55. The van der Waals surface area contributed by atoms with E-state index in [1.165, 1.54) is 12.1 Å². The van der Waals surface area contributed by atoms with Crippen LogP contribution in [0.2, 0.25) is 0 Å². The fourth-order valence-electron chi connectivity index (χ4n) is 1.67. The Labute approximate surface area is 103 Å². The van der Waals surface area contributed by atoms with Crippen LogP contribution >= 0.6 is 11.6 Å². The van der Waals surface area contributed by atoms with Gasteiger partial charge in [0.1, 0.15) is 17.6 Å². The molecule has 3 unspecified atom stereocenters. The van der Waals surface area contributed by atoms with E-state index in [1.54, 1.807) is 12.1 Å². The fourth-order valence-corrected chi connectivity index (χ4v) is 1.96. The van der Waals surface area contributed by atoms with Crippen LogP contribution in [-0.4, -0.2) is 40.3 Å². The molecular weight excluding hydrogens is 246 g/mol. The molecule has 0 saturated carbocycles. The second-order valence-electron chi connectivity index (χ2n) is 3.78. The molecule has 0 bridgehead atoms. The van der Waals surface area contributed by atoms with Crippen LogP contribution < -0.4 is 10.1 Å². The molecule has 3 N–H and O–H groups in total. The highest BCUT2D eigenvalue weighted by Crippen LogP contribution is 2.23. The van der Waals surface area contributed by atoms with E-state index in [9.17, 15) is 4.79 Å². The molecule has 1 aliphatic rings. The minimum absolute atomic E-state index is 0.124. The summed E-state index contributed by atoms with van der Waals surface area (Å²) in [5.41, 5.74) is 0. The van der Waals surface area contributed by atoms with Crippen molar-refractivity contribution < 1.29 is 19.7 Å². The van der Waals surface area contributed by atoms with Crippen molar-refractivity contribution in [3.63, 3.8) is 0 Å². The second-order valence-corrected chi connectivity index (χ2v) is 4.25. The van der Waals surface area contributed by atoms with E-state index in [2.05, 4.69) is 5.32 Å². The summed E-state index contributed by atoms with van der Waals surface area (Å²) in [5, 5.41) is 19.9. The smallest absolute Gasteiger partial charge is 0.242 e. The van der Waals surface area contributed by atoms with Crippen LogP contribution in [0.3, 0.4) is 0 Å². The van der Waals surface area contributed by atoms with Crippen molar-refractivity contribution in [1.82, 2.24) is 5.32 Å². The van der Waals surface area contributed by atoms with E-state index in [0.29, 0.717) is 5.75 Å². The predicted molar refractivity (Wildman–Crippen MR) is 61.2 cm³/mol. The molecule has 1 aliphatic heterocycles. The van der Waals surface area contributed by atoms with Gasteiger partial charge in [0.15, 0.2) is 5.38 Å². The maximum Gasteiger partial charge on any atom is 0.242 e. The van der Waals surface area contributed by atoms with E-state index in [1.807, 2.05) is 0 Å². The quantitative estimate of drug-likeness (QED) is 0.678. The van der Waals surface area contributed by atoms with E-state index in [-0.39, 0.29) is 18.3 Å². The maximum atomic E-state index is 11.3. The van der Waals surface area contributed by atoms with E-state index < -0.39 is 17.5 Å². The van der Waals surface area contributed by atoms with E-state index in [0.717, 1.165) is 0 Å². The SMILES string of the molecule is O=C1NC(CO)C(Oc2ccc(O)cc2)C1Cl. The molecule has 92 valence electrons. The van der Waals surface area contributed by atoms with Crippen molar-refractivity contribution >= 4 is 17.5 Å².